The summed E-state index contributed by atoms with van der Waals surface area (Å²) in [6.45, 7) is 9.33. The molecule has 0 saturated heterocycles. The van der Waals surface area contributed by atoms with E-state index in [1.165, 1.54) is 0 Å². The summed E-state index contributed by atoms with van der Waals surface area (Å²) in [4.78, 5) is 24.6. The Labute approximate surface area is 107 Å². The molecule has 0 heterocycles. The van der Waals surface area contributed by atoms with E-state index >= 15 is 0 Å². The minimum atomic E-state index is 0. The number of carbonyl (C=O) groups is 2. The van der Waals surface area contributed by atoms with E-state index in [0.29, 0.717) is 6.04 Å². The van der Waals surface area contributed by atoms with Gasteiger partial charge in [-0.05, 0) is 13.8 Å². The monoisotopic (exact) mass is 246 g/mol. The molecule has 0 rings (SSSR count). The summed E-state index contributed by atoms with van der Waals surface area (Å²) in [5.74, 6) is 0.440. The van der Waals surface area contributed by atoms with Gasteiger partial charge in [-0.25, -0.2) is 0 Å². The molecule has 0 aromatic carbocycles. The fourth-order valence-corrected chi connectivity index (χ4v) is 0.880. The number of hydrogen-bond acceptors (Lipinski definition) is 2. The van der Waals surface area contributed by atoms with Gasteiger partial charge in [0.05, 0.1) is 0 Å². The van der Waals surface area contributed by atoms with E-state index in [0.717, 1.165) is 0 Å². The van der Waals surface area contributed by atoms with E-state index in [1.54, 1.807) is 37.9 Å². The third-order valence-electron chi connectivity index (χ3n) is 2.21. The maximum Gasteiger partial charge on any atom is 0.224 e. The van der Waals surface area contributed by atoms with Crippen molar-refractivity contribution in [3.05, 3.63) is 0 Å². The number of hydrogen-bond donors (Lipinski definition) is 0. The Kier molecular flexibility index (Phi) is 12.6. The van der Waals surface area contributed by atoms with Crippen LogP contribution < -0.4 is 0 Å². The van der Waals surface area contributed by atoms with Gasteiger partial charge in [-0.15, -0.1) is 0 Å². The van der Waals surface area contributed by atoms with Crippen molar-refractivity contribution in [3.63, 3.8) is 0 Å². The second-order valence-corrected chi connectivity index (χ2v) is 4.61. The molecular weight excluding hydrogens is 216 g/mol. The summed E-state index contributed by atoms with van der Waals surface area (Å²) in [6.07, 6.45) is 0. The van der Waals surface area contributed by atoms with Crippen LogP contribution in [0.15, 0.2) is 0 Å². The van der Waals surface area contributed by atoms with E-state index in [4.69, 9.17) is 0 Å². The molecule has 104 valence electrons. The van der Waals surface area contributed by atoms with Crippen molar-refractivity contribution < 1.29 is 9.59 Å². The fraction of sp³-hybridized carbons (Fsp3) is 0.846. The highest BCUT2D eigenvalue weighted by molar-refractivity contribution is 5.77. The standard InChI is InChI=1S/2C6H13NO.CH4/c1-5(2)6(8)7(3)4;1-5(2)7(4)6(3)8;/h2*5H,1-4H3;1H4. The molecule has 4 heteroatoms. The van der Waals surface area contributed by atoms with Crippen LogP contribution in [-0.4, -0.2) is 48.8 Å². The second-order valence-electron chi connectivity index (χ2n) is 4.61. The van der Waals surface area contributed by atoms with Crippen LogP contribution in [0.25, 0.3) is 0 Å². The van der Waals surface area contributed by atoms with Crippen LogP contribution in [0, 0.1) is 5.92 Å². The van der Waals surface area contributed by atoms with Crippen molar-refractivity contribution >= 4 is 11.8 Å². The number of nitrogens with zero attached hydrogens (tertiary/aromatic N) is 2. The lowest BCUT2D eigenvalue weighted by Crippen LogP contribution is -2.30. The smallest absolute Gasteiger partial charge is 0.224 e. The Bertz CT molecular complexity index is 213. The summed E-state index contributed by atoms with van der Waals surface area (Å²) >= 11 is 0. The van der Waals surface area contributed by atoms with Crippen LogP contribution in [0.3, 0.4) is 0 Å². The molecule has 0 aromatic rings. The highest BCUT2D eigenvalue weighted by Gasteiger charge is 2.07. The highest BCUT2D eigenvalue weighted by atomic mass is 16.2. The zero-order valence-corrected chi connectivity index (χ0v) is 11.9. The van der Waals surface area contributed by atoms with Gasteiger partial charge in [0.15, 0.2) is 0 Å². The summed E-state index contributed by atoms with van der Waals surface area (Å²) < 4.78 is 0. The van der Waals surface area contributed by atoms with Crippen LogP contribution in [0.4, 0.5) is 0 Å². The maximum atomic E-state index is 10.8. The lowest BCUT2D eigenvalue weighted by atomic mass is 10.2. The van der Waals surface area contributed by atoms with Gasteiger partial charge in [0, 0.05) is 40.0 Å². The first-order valence-corrected chi connectivity index (χ1v) is 5.55. The van der Waals surface area contributed by atoms with Gasteiger partial charge in [0.1, 0.15) is 0 Å². The number of carbonyl (C=O) groups excluding carboxylic acids is 2. The molecule has 0 unspecified atom stereocenters. The quantitative estimate of drug-likeness (QED) is 0.749. The normalized spacial score (nSPS) is 9.06. The summed E-state index contributed by atoms with van der Waals surface area (Å²) in [6, 6.07) is 0.326. The Balaban J connectivity index is -0.000000218. The molecule has 0 bridgehead atoms. The molecule has 0 N–H and O–H groups in total. The van der Waals surface area contributed by atoms with Gasteiger partial charge in [-0.3, -0.25) is 9.59 Å². The van der Waals surface area contributed by atoms with Crippen molar-refractivity contribution in [1.29, 1.82) is 0 Å². The Morgan fingerprint density at radius 3 is 1.29 bits per heavy atom. The minimum absolute atomic E-state index is 0. The molecule has 2 amide bonds. The van der Waals surface area contributed by atoms with Crippen LogP contribution in [0.2, 0.25) is 0 Å². The van der Waals surface area contributed by atoms with E-state index < -0.39 is 0 Å². The average molecular weight is 246 g/mol. The third kappa shape index (κ3) is 11.2. The SMILES string of the molecule is C.CC(=O)N(C)C(C)C.CC(C)C(=O)N(C)C. The van der Waals surface area contributed by atoms with Crippen molar-refractivity contribution in [2.45, 2.75) is 48.1 Å². The fourth-order valence-electron chi connectivity index (χ4n) is 0.880. The predicted molar refractivity (Wildman–Crippen MR) is 73.8 cm³/mol. The predicted octanol–water partition coefficient (Wildman–Crippen LogP) is 2.24. The van der Waals surface area contributed by atoms with Crippen LogP contribution in [0.5, 0.6) is 0 Å². The highest BCUT2D eigenvalue weighted by Crippen LogP contribution is 1.94. The molecule has 0 spiro atoms. The van der Waals surface area contributed by atoms with Crippen molar-refractivity contribution in [2.24, 2.45) is 5.92 Å². The second kappa shape index (κ2) is 10.1. The third-order valence-corrected chi connectivity index (χ3v) is 2.21. The molecular formula is C13H30N2O2. The molecule has 0 aliphatic heterocycles. The van der Waals surface area contributed by atoms with Crippen molar-refractivity contribution in [1.82, 2.24) is 9.80 Å². The minimum Gasteiger partial charge on any atom is -0.349 e. The van der Waals surface area contributed by atoms with E-state index in [-0.39, 0.29) is 25.2 Å². The Morgan fingerprint density at radius 1 is 0.941 bits per heavy atom. The first-order valence-electron chi connectivity index (χ1n) is 5.55. The molecule has 4 nitrogen and oxygen atoms in total. The van der Waals surface area contributed by atoms with Gasteiger partial charge < -0.3 is 9.80 Å². The van der Waals surface area contributed by atoms with Crippen LogP contribution in [-0.2, 0) is 9.59 Å². The first kappa shape index (κ1) is 21.2. The molecule has 0 radical (unpaired) electrons. The largest absolute Gasteiger partial charge is 0.349 e. The van der Waals surface area contributed by atoms with Gasteiger partial charge in [-0.2, -0.15) is 0 Å². The zero-order valence-electron chi connectivity index (χ0n) is 11.9. The summed E-state index contributed by atoms with van der Waals surface area (Å²) in [5.41, 5.74) is 0. The van der Waals surface area contributed by atoms with E-state index in [2.05, 4.69) is 0 Å². The molecule has 17 heavy (non-hydrogen) atoms. The molecule has 0 aromatic heterocycles. The van der Waals surface area contributed by atoms with Crippen molar-refractivity contribution in [3.8, 4) is 0 Å². The van der Waals surface area contributed by atoms with Gasteiger partial charge in [0.25, 0.3) is 0 Å². The van der Waals surface area contributed by atoms with E-state index in [1.807, 2.05) is 27.7 Å². The van der Waals surface area contributed by atoms with Crippen LogP contribution >= 0.6 is 0 Å². The first-order chi connectivity index (χ1) is 7.11. The lowest BCUT2D eigenvalue weighted by molar-refractivity contribution is -0.132. The molecule has 0 aliphatic carbocycles. The molecule has 0 saturated carbocycles. The molecule has 0 fully saturated rings. The van der Waals surface area contributed by atoms with Gasteiger partial charge in [0.2, 0.25) is 11.8 Å². The topological polar surface area (TPSA) is 40.6 Å². The number of amides is 2. The van der Waals surface area contributed by atoms with Gasteiger partial charge in [-0.1, -0.05) is 21.3 Å². The van der Waals surface area contributed by atoms with E-state index in [9.17, 15) is 9.59 Å². The van der Waals surface area contributed by atoms with Gasteiger partial charge >= 0.3 is 0 Å². The Morgan fingerprint density at radius 2 is 1.29 bits per heavy atom. The molecule has 0 aliphatic rings. The zero-order chi connectivity index (χ0) is 13.5. The summed E-state index contributed by atoms with van der Waals surface area (Å²) in [7, 11) is 5.33. The molecule has 0 atom stereocenters. The van der Waals surface area contributed by atoms with Crippen LogP contribution in [0.1, 0.15) is 42.0 Å². The Hall–Kier alpha value is -1.06. The van der Waals surface area contributed by atoms with Crippen molar-refractivity contribution in [2.75, 3.05) is 21.1 Å². The summed E-state index contributed by atoms with van der Waals surface area (Å²) in [5, 5.41) is 0. The average Bonchev–Trinajstić information content (AvgIpc) is 2.15. The number of rotatable bonds is 2. The maximum absolute atomic E-state index is 10.8. The lowest BCUT2D eigenvalue weighted by Gasteiger charge is -2.18.